The molecule has 0 saturated carbocycles. The number of fused-ring (bicyclic) bond motifs is 1. The molecule has 1 spiro atoms. The van der Waals surface area contributed by atoms with Gasteiger partial charge in [-0.2, -0.15) is 0 Å². The lowest BCUT2D eigenvalue weighted by Crippen LogP contribution is -2.60. The maximum absolute atomic E-state index is 12.6. The number of hydrogen-bond acceptors (Lipinski definition) is 6. The number of ether oxygens (including phenoxy) is 3. The monoisotopic (exact) mass is 349 g/mol. The number of carbonyl (C=O) groups excluding carboxylic acids is 1. The molecule has 2 atom stereocenters. The Morgan fingerprint density at radius 3 is 2.76 bits per heavy atom. The van der Waals surface area contributed by atoms with Crippen LogP contribution in [0.3, 0.4) is 0 Å². The predicted octanol–water partition coefficient (Wildman–Crippen LogP) is 0.461. The summed E-state index contributed by atoms with van der Waals surface area (Å²) < 4.78 is 16.4. The van der Waals surface area contributed by atoms with Crippen LogP contribution < -0.4 is 9.47 Å². The van der Waals surface area contributed by atoms with Crippen LogP contribution in [-0.4, -0.2) is 65.3 Å². The minimum atomic E-state index is -0.882. The summed E-state index contributed by atoms with van der Waals surface area (Å²) in [6.07, 6.45) is 0.207. The van der Waals surface area contributed by atoms with E-state index in [4.69, 9.17) is 14.2 Å². The second-order valence-electron chi connectivity index (χ2n) is 6.96. The van der Waals surface area contributed by atoms with Crippen LogP contribution >= 0.6 is 0 Å². The number of hydrogen-bond donors (Lipinski definition) is 2. The van der Waals surface area contributed by atoms with Crippen LogP contribution in [0.15, 0.2) is 18.2 Å². The van der Waals surface area contributed by atoms with Gasteiger partial charge in [0, 0.05) is 13.1 Å². The lowest BCUT2D eigenvalue weighted by molar-refractivity contribution is -0.214. The minimum absolute atomic E-state index is 0.0413. The van der Waals surface area contributed by atoms with Gasteiger partial charge in [0.05, 0.1) is 24.7 Å². The maximum Gasteiger partial charge on any atom is 0.231 e. The number of rotatable bonds is 2. The lowest BCUT2D eigenvalue weighted by atomic mass is 9.80. The van der Waals surface area contributed by atoms with E-state index in [1.54, 1.807) is 4.90 Å². The third-order valence-electron chi connectivity index (χ3n) is 5.46. The molecule has 2 N–H and O–H groups in total. The first-order valence-corrected chi connectivity index (χ1v) is 8.74. The molecule has 1 aromatic carbocycles. The average molecular weight is 349 g/mol. The molecule has 0 aromatic heterocycles. The quantitative estimate of drug-likeness (QED) is 0.807. The molecule has 3 aliphatic heterocycles. The standard InChI is InChI=1S/C18H23NO6/c20-13-3-8-25-18(17(13)22)4-6-19(7-5-18)16(21)10-12-1-2-14-15(9-12)24-11-23-14/h1-2,9,13,17,20,22H,3-8,10-11H2/t13-,17-/m0/s1. The molecule has 1 amide bonds. The zero-order valence-corrected chi connectivity index (χ0v) is 14.0. The van der Waals surface area contributed by atoms with Gasteiger partial charge in [-0.05, 0) is 37.0 Å². The van der Waals surface area contributed by atoms with E-state index in [0.29, 0.717) is 56.9 Å². The summed E-state index contributed by atoms with van der Waals surface area (Å²) in [5, 5.41) is 20.2. The Kier molecular flexibility index (Phi) is 4.31. The van der Waals surface area contributed by atoms with Crippen molar-refractivity contribution in [3.05, 3.63) is 23.8 Å². The summed E-state index contributed by atoms with van der Waals surface area (Å²) in [6, 6.07) is 5.54. The zero-order chi connectivity index (χ0) is 17.4. The molecular weight excluding hydrogens is 326 g/mol. The fourth-order valence-electron chi connectivity index (χ4n) is 3.89. The molecular formula is C18H23NO6. The van der Waals surface area contributed by atoms with E-state index < -0.39 is 17.8 Å². The van der Waals surface area contributed by atoms with E-state index in [9.17, 15) is 15.0 Å². The number of carbonyl (C=O) groups is 1. The van der Waals surface area contributed by atoms with Crippen LogP contribution in [0, 0.1) is 0 Å². The van der Waals surface area contributed by atoms with Gasteiger partial charge in [-0.3, -0.25) is 4.79 Å². The molecule has 3 aliphatic rings. The number of piperidine rings is 1. The largest absolute Gasteiger partial charge is 0.454 e. The summed E-state index contributed by atoms with van der Waals surface area (Å²) in [5.74, 6) is 1.42. The van der Waals surface area contributed by atoms with Crippen LogP contribution in [-0.2, 0) is 16.0 Å². The third kappa shape index (κ3) is 3.07. The summed E-state index contributed by atoms with van der Waals surface area (Å²) in [4.78, 5) is 14.4. The second-order valence-corrected chi connectivity index (χ2v) is 6.96. The molecule has 7 heteroatoms. The van der Waals surface area contributed by atoms with Gasteiger partial charge >= 0.3 is 0 Å². The van der Waals surface area contributed by atoms with Gasteiger partial charge in [0.15, 0.2) is 11.5 Å². The number of nitrogens with zero attached hydrogens (tertiary/aromatic N) is 1. The summed E-state index contributed by atoms with van der Waals surface area (Å²) in [6.45, 7) is 1.71. The van der Waals surface area contributed by atoms with Crippen LogP contribution in [0.25, 0.3) is 0 Å². The van der Waals surface area contributed by atoms with Crippen molar-refractivity contribution in [2.75, 3.05) is 26.5 Å². The Hall–Kier alpha value is -1.83. The first kappa shape index (κ1) is 16.6. The van der Waals surface area contributed by atoms with Crippen molar-refractivity contribution in [3.8, 4) is 11.5 Å². The Morgan fingerprint density at radius 2 is 1.96 bits per heavy atom. The van der Waals surface area contributed by atoms with Crippen molar-refractivity contribution < 1.29 is 29.2 Å². The van der Waals surface area contributed by atoms with Crippen molar-refractivity contribution in [1.82, 2.24) is 4.90 Å². The minimum Gasteiger partial charge on any atom is -0.454 e. The smallest absolute Gasteiger partial charge is 0.231 e. The number of aliphatic hydroxyl groups is 2. The van der Waals surface area contributed by atoms with E-state index in [1.807, 2.05) is 18.2 Å². The van der Waals surface area contributed by atoms with Crippen LogP contribution in [0.5, 0.6) is 11.5 Å². The maximum atomic E-state index is 12.6. The fraction of sp³-hybridized carbons (Fsp3) is 0.611. The third-order valence-corrected chi connectivity index (χ3v) is 5.46. The number of benzene rings is 1. The van der Waals surface area contributed by atoms with Gasteiger partial charge in [0.25, 0.3) is 0 Å². The van der Waals surface area contributed by atoms with E-state index in [2.05, 4.69) is 0 Å². The Labute approximate surface area is 146 Å². The molecule has 25 heavy (non-hydrogen) atoms. The topological polar surface area (TPSA) is 88.5 Å². The van der Waals surface area contributed by atoms with Crippen molar-refractivity contribution in [3.63, 3.8) is 0 Å². The summed E-state index contributed by atoms with van der Waals surface area (Å²) in [7, 11) is 0. The predicted molar refractivity (Wildman–Crippen MR) is 87.4 cm³/mol. The van der Waals surface area contributed by atoms with Crippen molar-refractivity contribution in [2.24, 2.45) is 0 Å². The highest BCUT2D eigenvalue weighted by molar-refractivity contribution is 5.79. The number of amides is 1. The van der Waals surface area contributed by atoms with E-state index in [0.717, 1.165) is 5.56 Å². The molecule has 3 heterocycles. The van der Waals surface area contributed by atoms with Crippen LogP contribution in [0.2, 0.25) is 0 Å². The number of aliphatic hydroxyl groups excluding tert-OH is 2. The molecule has 4 rings (SSSR count). The highest BCUT2D eigenvalue weighted by Gasteiger charge is 2.48. The highest BCUT2D eigenvalue weighted by atomic mass is 16.7. The molecule has 1 aromatic rings. The lowest BCUT2D eigenvalue weighted by Gasteiger charge is -2.48. The van der Waals surface area contributed by atoms with Gasteiger partial charge in [-0.1, -0.05) is 6.07 Å². The molecule has 0 radical (unpaired) electrons. The highest BCUT2D eigenvalue weighted by Crippen LogP contribution is 2.36. The molecule has 0 bridgehead atoms. The molecule has 0 aliphatic carbocycles. The van der Waals surface area contributed by atoms with Gasteiger partial charge < -0.3 is 29.3 Å². The number of likely N-dealkylation sites (tertiary alicyclic amines) is 1. The van der Waals surface area contributed by atoms with Crippen LogP contribution in [0.1, 0.15) is 24.8 Å². The van der Waals surface area contributed by atoms with E-state index >= 15 is 0 Å². The fourth-order valence-corrected chi connectivity index (χ4v) is 3.89. The SMILES string of the molecule is O=C(Cc1ccc2c(c1)OCO2)N1CCC2(CC1)OCC[C@H](O)[C@@H]2O. The van der Waals surface area contributed by atoms with Gasteiger partial charge in [-0.25, -0.2) is 0 Å². The molecule has 2 saturated heterocycles. The Bertz CT molecular complexity index is 655. The van der Waals surface area contributed by atoms with Gasteiger partial charge in [-0.15, -0.1) is 0 Å². The van der Waals surface area contributed by atoms with Gasteiger partial charge in [0.2, 0.25) is 12.7 Å². The second kappa shape index (κ2) is 6.48. The Balaban J connectivity index is 1.37. The van der Waals surface area contributed by atoms with Crippen molar-refractivity contribution in [1.29, 1.82) is 0 Å². The van der Waals surface area contributed by atoms with Crippen molar-refractivity contribution in [2.45, 2.75) is 43.5 Å². The normalized spacial score (nSPS) is 27.5. The molecule has 2 fully saturated rings. The van der Waals surface area contributed by atoms with Gasteiger partial charge in [0.1, 0.15) is 6.10 Å². The van der Waals surface area contributed by atoms with Crippen LogP contribution in [0.4, 0.5) is 0 Å². The van der Waals surface area contributed by atoms with E-state index in [-0.39, 0.29) is 12.7 Å². The molecule has 7 nitrogen and oxygen atoms in total. The summed E-state index contributed by atoms with van der Waals surface area (Å²) >= 11 is 0. The van der Waals surface area contributed by atoms with E-state index in [1.165, 1.54) is 0 Å². The zero-order valence-electron chi connectivity index (χ0n) is 14.0. The van der Waals surface area contributed by atoms with Crippen molar-refractivity contribution >= 4 is 5.91 Å². The Morgan fingerprint density at radius 1 is 1.20 bits per heavy atom. The molecule has 136 valence electrons. The first-order chi connectivity index (χ1) is 12.1. The summed E-state index contributed by atoms with van der Waals surface area (Å²) in [5.41, 5.74) is 0.173. The first-order valence-electron chi connectivity index (χ1n) is 8.74. The molecule has 0 unspecified atom stereocenters. The average Bonchev–Trinajstić information content (AvgIpc) is 3.08.